The molecular formula is C13H21N. The molecule has 0 saturated heterocycles. The largest absolute Gasteiger partial charge is 0.326 e. The van der Waals surface area contributed by atoms with Gasteiger partial charge in [0.25, 0.3) is 0 Å². The standard InChI is InChI=1S/C13H21N/c1-12(2,3)13(4)8-5-6-11(10-14)7-9-13/h5-9H,10,14H2,1-4H3. The summed E-state index contributed by atoms with van der Waals surface area (Å²) in [7, 11) is 0. The molecule has 1 nitrogen and oxygen atoms in total. The van der Waals surface area contributed by atoms with Crippen molar-refractivity contribution in [2.45, 2.75) is 27.7 Å². The van der Waals surface area contributed by atoms with E-state index in [9.17, 15) is 0 Å². The molecule has 1 rings (SSSR count). The SMILES string of the molecule is CC(C)(C)C1(C)C=CC=C(CN)C=C1. The van der Waals surface area contributed by atoms with Crippen molar-refractivity contribution in [1.82, 2.24) is 0 Å². The van der Waals surface area contributed by atoms with Gasteiger partial charge in [-0.1, -0.05) is 58.1 Å². The quantitative estimate of drug-likeness (QED) is 0.677. The summed E-state index contributed by atoms with van der Waals surface area (Å²) in [4.78, 5) is 0. The molecule has 0 aromatic rings. The van der Waals surface area contributed by atoms with Crippen LogP contribution in [-0.4, -0.2) is 6.54 Å². The van der Waals surface area contributed by atoms with Crippen molar-refractivity contribution in [3.63, 3.8) is 0 Å². The van der Waals surface area contributed by atoms with Gasteiger partial charge in [-0.05, 0) is 11.0 Å². The highest BCUT2D eigenvalue weighted by atomic mass is 14.5. The van der Waals surface area contributed by atoms with E-state index >= 15 is 0 Å². The summed E-state index contributed by atoms with van der Waals surface area (Å²) in [6.07, 6.45) is 10.9. The van der Waals surface area contributed by atoms with Crippen LogP contribution in [0.4, 0.5) is 0 Å². The van der Waals surface area contributed by atoms with Gasteiger partial charge in [-0.25, -0.2) is 0 Å². The molecule has 0 aliphatic heterocycles. The van der Waals surface area contributed by atoms with E-state index in [1.807, 2.05) is 0 Å². The second kappa shape index (κ2) is 3.74. The summed E-state index contributed by atoms with van der Waals surface area (Å²) in [6, 6.07) is 0. The molecule has 0 fully saturated rings. The minimum Gasteiger partial charge on any atom is -0.326 e. The third-order valence-electron chi connectivity index (χ3n) is 3.25. The minimum atomic E-state index is 0.112. The minimum absolute atomic E-state index is 0.112. The van der Waals surface area contributed by atoms with E-state index in [4.69, 9.17) is 5.73 Å². The van der Waals surface area contributed by atoms with Gasteiger partial charge in [-0.3, -0.25) is 0 Å². The van der Waals surface area contributed by atoms with Gasteiger partial charge >= 0.3 is 0 Å². The Labute approximate surface area is 87.4 Å². The van der Waals surface area contributed by atoms with Crippen molar-refractivity contribution in [2.75, 3.05) is 6.54 Å². The summed E-state index contributed by atoms with van der Waals surface area (Å²) >= 11 is 0. The van der Waals surface area contributed by atoms with Crippen LogP contribution < -0.4 is 5.73 Å². The molecule has 2 N–H and O–H groups in total. The maximum Gasteiger partial charge on any atom is 0.0177 e. The van der Waals surface area contributed by atoms with Gasteiger partial charge in [-0.2, -0.15) is 0 Å². The summed E-state index contributed by atoms with van der Waals surface area (Å²) < 4.78 is 0. The van der Waals surface area contributed by atoms with Gasteiger partial charge in [0.05, 0.1) is 0 Å². The number of nitrogens with two attached hydrogens (primary N) is 1. The van der Waals surface area contributed by atoms with E-state index in [1.165, 1.54) is 5.57 Å². The number of rotatable bonds is 1. The van der Waals surface area contributed by atoms with Crippen LogP contribution in [0.5, 0.6) is 0 Å². The van der Waals surface area contributed by atoms with Crippen molar-refractivity contribution < 1.29 is 0 Å². The second-order valence-electron chi connectivity index (χ2n) is 5.17. The first-order valence-corrected chi connectivity index (χ1v) is 5.17. The Kier molecular flexibility index (Phi) is 3.01. The Balaban J connectivity index is 2.99. The summed E-state index contributed by atoms with van der Waals surface area (Å²) in [5.74, 6) is 0. The molecule has 0 amide bonds. The summed E-state index contributed by atoms with van der Waals surface area (Å²) in [5.41, 5.74) is 7.15. The Bertz CT molecular complexity index is 289. The summed E-state index contributed by atoms with van der Waals surface area (Å²) in [5, 5.41) is 0. The van der Waals surface area contributed by atoms with Crippen LogP contribution >= 0.6 is 0 Å². The fraction of sp³-hybridized carbons (Fsp3) is 0.538. The molecule has 14 heavy (non-hydrogen) atoms. The zero-order valence-electron chi connectivity index (χ0n) is 9.67. The second-order valence-corrected chi connectivity index (χ2v) is 5.17. The van der Waals surface area contributed by atoms with Crippen LogP contribution in [0.1, 0.15) is 27.7 Å². The van der Waals surface area contributed by atoms with Crippen LogP contribution in [-0.2, 0) is 0 Å². The predicted molar refractivity (Wildman–Crippen MR) is 63.0 cm³/mol. The van der Waals surface area contributed by atoms with Crippen molar-refractivity contribution >= 4 is 0 Å². The van der Waals surface area contributed by atoms with Crippen LogP contribution in [0, 0.1) is 10.8 Å². The number of allylic oxidation sites excluding steroid dienone is 4. The molecular weight excluding hydrogens is 170 g/mol. The molecule has 0 saturated carbocycles. The highest BCUT2D eigenvalue weighted by molar-refractivity contribution is 5.33. The Morgan fingerprint density at radius 2 is 1.93 bits per heavy atom. The molecule has 0 radical (unpaired) electrons. The monoisotopic (exact) mass is 191 g/mol. The Morgan fingerprint density at radius 3 is 2.43 bits per heavy atom. The molecule has 1 aliphatic rings. The van der Waals surface area contributed by atoms with E-state index in [0.29, 0.717) is 6.54 Å². The molecule has 0 aromatic heterocycles. The van der Waals surface area contributed by atoms with Crippen molar-refractivity contribution in [3.8, 4) is 0 Å². The Morgan fingerprint density at radius 1 is 1.29 bits per heavy atom. The lowest BCUT2D eigenvalue weighted by Gasteiger charge is -2.37. The molecule has 0 spiro atoms. The predicted octanol–water partition coefficient (Wildman–Crippen LogP) is 3.05. The van der Waals surface area contributed by atoms with Crippen molar-refractivity contribution in [2.24, 2.45) is 16.6 Å². The van der Waals surface area contributed by atoms with Crippen molar-refractivity contribution in [1.29, 1.82) is 0 Å². The van der Waals surface area contributed by atoms with Gasteiger partial charge in [-0.15, -0.1) is 0 Å². The first-order valence-electron chi connectivity index (χ1n) is 5.17. The third kappa shape index (κ3) is 2.16. The molecule has 1 heteroatoms. The maximum atomic E-state index is 5.62. The fourth-order valence-electron chi connectivity index (χ4n) is 1.40. The average molecular weight is 191 g/mol. The normalized spacial score (nSPS) is 27.4. The number of hydrogen-bond acceptors (Lipinski definition) is 1. The molecule has 0 bridgehead atoms. The highest BCUT2D eigenvalue weighted by Crippen LogP contribution is 2.41. The smallest absolute Gasteiger partial charge is 0.0177 e. The molecule has 1 unspecified atom stereocenters. The zero-order valence-corrected chi connectivity index (χ0v) is 9.67. The first kappa shape index (κ1) is 11.3. The van der Waals surface area contributed by atoms with Gasteiger partial charge in [0.1, 0.15) is 0 Å². The first-order chi connectivity index (χ1) is 6.39. The van der Waals surface area contributed by atoms with Gasteiger partial charge in [0, 0.05) is 12.0 Å². The molecule has 0 heterocycles. The zero-order chi connectivity index (χ0) is 10.8. The topological polar surface area (TPSA) is 26.0 Å². The van der Waals surface area contributed by atoms with Crippen molar-refractivity contribution in [3.05, 3.63) is 36.0 Å². The lowest BCUT2D eigenvalue weighted by Crippen LogP contribution is -2.28. The fourth-order valence-corrected chi connectivity index (χ4v) is 1.40. The lowest BCUT2D eigenvalue weighted by molar-refractivity contribution is 0.228. The van der Waals surface area contributed by atoms with Crippen LogP contribution in [0.3, 0.4) is 0 Å². The molecule has 1 atom stereocenters. The van der Waals surface area contributed by atoms with Gasteiger partial charge in [0.2, 0.25) is 0 Å². The van der Waals surface area contributed by atoms with E-state index < -0.39 is 0 Å². The van der Waals surface area contributed by atoms with Gasteiger partial charge < -0.3 is 5.73 Å². The van der Waals surface area contributed by atoms with Crippen LogP contribution in [0.25, 0.3) is 0 Å². The number of hydrogen-bond donors (Lipinski definition) is 1. The highest BCUT2D eigenvalue weighted by Gasteiger charge is 2.32. The molecule has 0 aromatic carbocycles. The summed E-state index contributed by atoms with van der Waals surface area (Å²) in [6.45, 7) is 9.65. The van der Waals surface area contributed by atoms with E-state index in [-0.39, 0.29) is 10.8 Å². The van der Waals surface area contributed by atoms with E-state index in [2.05, 4.69) is 58.1 Å². The molecule has 1 aliphatic carbocycles. The van der Waals surface area contributed by atoms with Crippen LogP contribution in [0.15, 0.2) is 36.0 Å². The van der Waals surface area contributed by atoms with E-state index in [1.54, 1.807) is 0 Å². The lowest BCUT2D eigenvalue weighted by atomic mass is 9.68. The average Bonchev–Trinajstić information content (AvgIpc) is 2.27. The van der Waals surface area contributed by atoms with E-state index in [0.717, 1.165) is 0 Å². The third-order valence-corrected chi connectivity index (χ3v) is 3.25. The Hall–Kier alpha value is -0.820. The molecule has 78 valence electrons. The maximum absolute atomic E-state index is 5.62. The van der Waals surface area contributed by atoms with Crippen LogP contribution in [0.2, 0.25) is 0 Å². The van der Waals surface area contributed by atoms with Gasteiger partial charge in [0.15, 0.2) is 0 Å².